The van der Waals surface area contributed by atoms with Crippen molar-refractivity contribution in [3.8, 4) is 0 Å². The number of nitrogens with one attached hydrogen (secondary N) is 2. The van der Waals surface area contributed by atoms with Crippen LogP contribution in [-0.2, 0) is 4.74 Å². The van der Waals surface area contributed by atoms with Crippen LogP contribution in [-0.4, -0.2) is 57.0 Å². The number of morpholine rings is 1. The molecule has 118 valence electrons. The van der Waals surface area contributed by atoms with Gasteiger partial charge in [-0.2, -0.15) is 14.7 Å². The van der Waals surface area contributed by atoms with Crippen LogP contribution < -0.4 is 10.2 Å². The molecule has 9 heteroatoms. The monoisotopic (exact) mass is 313 g/mol. The minimum Gasteiger partial charge on any atom is -0.378 e. The summed E-state index contributed by atoms with van der Waals surface area (Å²) in [5.74, 6) is 1.10. The predicted octanol–water partition coefficient (Wildman–Crippen LogP) is 0.541. The number of fused-ring (bicyclic) bond motifs is 1. The Labute approximate surface area is 131 Å². The first-order chi connectivity index (χ1) is 11.3. The normalized spacial score (nSPS) is 15.0. The zero-order valence-electron chi connectivity index (χ0n) is 12.3. The third-order valence-electron chi connectivity index (χ3n) is 3.68. The number of aromatic nitrogens is 5. The van der Waals surface area contributed by atoms with Gasteiger partial charge in [0, 0.05) is 31.4 Å². The van der Waals surface area contributed by atoms with Gasteiger partial charge < -0.3 is 15.0 Å². The maximum absolute atomic E-state index is 12.2. The number of rotatable bonds is 3. The van der Waals surface area contributed by atoms with Gasteiger partial charge in [0.05, 0.1) is 31.2 Å². The Morgan fingerprint density at radius 1 is 1.35 bits per heavy atom. The van der Waals surface area contributed by atoms with E-state index in [9.17, 15) is 4.79 Å². The molecule has 0 atom stereocenters. The van der Waals surface area contributed by atoms with Crippen molar-refractivity contribution in [3.05, 3.63) is 36.3 Å². The number of nitrogens with zero attached hydrogens (tertiary/aromatic N) is 5. The fraction of sp³-hybridized carbons (Fsp3) is 0.286. The second-order valence-corrected chi connectivity index (χ2v) is 5.14. The van der Waals surface area contributed by atoms with Gasteiger partial charge in [-0.15, -0.1) is 0 Å². The van der Waals surface area contributed by atoms with Gasteiger partial charge in [-0.3, -0.25) is 9.89 Å². The van der Waals surface area contributed by atoms with Crippen LogP contribution in [0.1, 0.15) is 10.4 Å². The number of ether oxygens (including phenoxy) is 1. The van der Waals surface area contributed by atoms with Gasteiger partial charge in [0.2, 0.25) is 0 Å². The Morgan fingerprint density at radius 3 is 3.00 bits per heavy atom. The molecule has 0 unspecified atom stereocenters. The second kappa shape index (κ2) is 5.69. The maximum atomic E-state index is 12.2. The van der Waals surface area contributed by atoms with E-state index in [0.29, 0.717) is 30.2 Å². The molecule has 0 aliphatic carbocycles. The molecule has 3 aromatic heterocycles. The number of hydrogen-bond acceptors (Lipinski definition) is 6. The van der Waals surface area contributed by atoms with E-state index in [2.05, 4.69) is 30.5 Å². The number of H-pyrrole nitrogens is 1. The fourth-order valence-corrected chi connectivity index (χ4v) is 2.54. The summed E-state index contributed by atoms with van der Waals surface area (Å²) in [5.41, 5.74) is 1.13. The summed E-state index contributed by atoms with van der Waals surface area (Å²) < 4.78 is 7.15. The van der Waals surface area contributed by atoms with Crippen molar-refractivity contribution in [1.29, 1.82) is 0 Å². The highest BCUT2D eigenvalue weighted by atomic mass is 16.5. The van der Waals surface area contributed by atoms with Crippen molar-refractivity contribution < 1.29 is 9.53 Å². The van der Waals surface area contributed by atoms with Crippen LogP contribution in [0.2, 0.25) is 0 Å². The minimum absolute atomic E-state index is 0.261. The van der Waals surface area contributed by atoms with Gasteiger partial charge in [-0.1, -0.05) is 0 Å². The number of carbonyl (C=O) groups excluding carboxylic acids is 1. The van der Waals surface area contributed by atoms with E-state index in [4.69, 9.17) is 4.74 Å². The van der Waals surface area contributed by atoms with Crippen LogP contribution in [0.25, 0.3) is 5.65 Å². The highest BCUT2D eigenvalue weighted by Crippen LogP contribution is 2.21. The van der Waals surface area contributed by atoms with Gasteiger partial charge >= 0.3 is 0 Å². The van der Waals surface area contributed by atoms with E-state index in [1.807, 2.05) is 6.07 Å². The van der Waals surface area contributed by atoms with E-state index < -0.39 is 0 Å². The summed E-state index contributed by atoms with van der Waals surface area (Å²) >= 11 is 0. The third-order valence-corrected chi connectivity index (χ3v) is 3.68. The Hall–Kier alpha value is -2.94. The van der Waals surface area contributed by atoms with Crippen LogP contribution in [0.4, 0.5) is 11.6 Å². The quantitative estimate of drug-likeness (QED) is 0.732. The van der Waals surface area contributed by atoms with Crippen LogP contribution in [0.15, 0.2) is 30.7 Å². The first kappa shape index (κ1) is 13.7. The topological polar surface area (TPSA) is 100 Å². The molecule has 1 saturated heterocycles. The van der Waals surface area contributed by atoms with Crippen molar-refractivity contribution in [2.75, 3.05) is 36.5 Å². The van der Waals surface area contributed by atoms with Crippen LogP contribution in [0.5, 0.6) is 0 Å². The van der Waals surface area contributed by atoms with Gasteiger partial charge in [0.1, 0.15) is 11.6 Å². The van der Waals surface area contributed by atoms with Gasteiger partial charge in [-0.25, -0.2) is 4.98 Å². The van der Waals surface area contributed by atoms with Crippen molar-refractivity contribution in [1.82, 2.24) is 24.8 Å². The molecular formula is C14H15N7O2. The van der Waals surface area contributed by atoms with Crippen LogP contribution in [0, 0.1) is 0 Å². The lowest BCUT2D eigenvalue weighted by Gasteiger charge is -2.29. The smallest absolute Gasteiger partial charge is 0.259 e. The lowest BCUT2D eigenvalue weighted by molar-refractivity contribution is 0.102. The highest BCUT2D eigenvalue weighted by Gasteiger charge is 2.17. The summed E-state index contributed by atoms with van der Waals surface area (Å²) in [7, 11) is 0. The molecule has 9 nitrogen and oxygen atoms in total. The zero-order valence-corrected chi connectivity index (χ0v) is 12.3. The zero-order chi connectivity index (χ0) is 15.6. The third kappa shape index (κ3) is 2.61. The van der Waals surface area contributed by atoms with Crippen molar-refractivity contribution >= 4 is 23.2 Å². The SMILES string of the molecule is O=C(Nc1cc(N2CCOCC2)n2nccc2n1)c1cn[nH]c1. The molecule has 0 bridgehead atoms. The molecule has 0 radical (unpaired) electrons. The average Bonchev–Trinajstić information content (AvgIpc) is 3.26. The molecule has 4 heterocycles. The molecule has 1 aliphatic rings. The minimum atomic E-state index is -0.261. The summed E-state index contributed by atoms with van der Waals surface area (Å²) in [6.45, 7) is 2.88. The van der Waals surface area contributed by atoms with Gasteiger partial charge in [0.25, 0.3) is 5.91 Å². The average molecular weight is 313 g/mol. The molecule has 3 aromatic rings. The van der Waals surface area contributed by atoms with E-state index in [1.165, 1.54) is 12.4 Å². The van der Waals surface area contributed by atoms with E-state index in [-0.39, 0.29) is 5.91 Å². The van der Waals surface area contributed by atoms with E-state index >= 15 is 0 Å². The molecule has 1 amide bonds. The summed E-state index contributed by atoms with van der Waals surface area (Å²) in [6.07, 6.45) is 4.69. The number of hydrogen-bond donors (Lipinski definition) is 2. The second-order valence-electron chi connectivity index (χ2n) is 5.14. The van der Waals surface area contributed by atoms with Crippen LogP contribution >= 0.6 is 0 Å². The van der Waals surface area contributed by atoms with Crippen molar-refractivity contribution in [2.24, 2.45) is 0 Å². The predicted molar refractivity (Wildman–Crippen MR) is 82.6 cm³/mol. The number of aromatic amines is 1. The Morgan fingerprint density at radius 2 is 2.22 bits per heavy atom. The maximum Gasteiger partial charge on any atom is 0.259 e. The number of anilines is 2. The van der Waals surface area contributed by atoms with Crippen molar-refractivity contribution in [2.45, 2.75) is 0 Å². The Kier molecular flexibility index (Phi) is 3.39. The molecule has 1 aliphatic heterocycles. The largest absolute Gasteiger partial charge is 0.378 e. The van der Waals surface area contributed by atoms with Gasteiger partial charge in [-0.05, 0) is 0 Å². The van der Waals surface area contributed by atoms with Crippen molar-refractivity contribution in [3.63, 3.8) is 0 Å². The Balaban J connectivity index is 1.68. The summed E-state index contributed by atoms with van der Waals surface area (Å²) in [5, 5.41) is 13.5. The molecule has 1 fully saturated rings. The lowest BCUT2D eigenvalue weighted by atomic mass is 10.3. The fourth-order valence-electron chi connectivity index (χ4n) is 2.54. The number of amides is 1. The first-order valence-electron chi connectivity index (χ1n) is 7.29. The Bertz CT molecular complexity index is 821. The lowest BCUT2D eigenvalue weighted by Crippen LogP contribution is -2.37. The first-order valence-corrected chi connectivity index (χ1v) is 7.29. The molecular weight excluding hydrogens is 298 g/mol. The molecule has 0 spiro atoms. The summed E-state index contributed by atoms with van der Waals surface area (Å²) in [4.78, 5) is 18.8. The van der Waals surface area contributed by atoms with Gasteiger partial charge in [0.15, 0.2) is 5.65 Å². The molecule has 4 rings (SSSR count). The van der Waals surface area contributed by atoms with E-state index in [0.717, 1.165) is 18.9 Å². The standard InChI is InChI=1S/C14H15N7O2/c22-14(10-8-15-16-9-10)19-11-7-13(20-3-5-23-6-4-20)21-12(18-11)1-2-17-21/h1-2,7-9H,3-6H2,(H,15,16)(H,18,19,22). The highest BCUT2D eigenvalue weighted by molar-refractivity contribution is 6.03. The van der Waals surface area contributed by atoms with Crippen LogP contribution in [0.3, 0.4) is 0 Å². The molecule has 23 heavy (non-hydrogen) atoms. The molecule has 2 N–H and O–H groups in total. The molecule has 0 saturated carbocycles. The summed E-state index contributed by atoms with van der Waals surface area (Å²) in [6, 6.07) is 3.63. The van der Waals surface area contributed by atoms with E-state index in [1.54, 1.807) is 16.8 Å². The molecule has 0 aromatic carbocycles. The number of carbonyl (C=O) groups is 1.